The maximum atomic E-state index is 13.1. The van der Waals surface area contributed by atoms with Crippen LogP contribution < -0.4 is 5.32 Å². The molecule has 1 aromatic rings. The standard InChI is InChI=1S/C12H18FNO3S/c1-8(7-18(3,16)17)14-9(2)11-6-10(13)4-5-12(11)15/h4-6,8-9,14-15H,7H2,1-3H3. The van der Waals surface area contributed by atoms with Gasteiger partial charge in [-0.05, 0) is 32.0 Å². The third kappa shape index (κ3) is 4.62. The van der Waals surface area contributed by atoms with Crippen LogP contribution in [0.4, 0.5) is 4.39 Å². The van der Waals surface area contributed by atoms with Gasteiger partial charge in [-0.1, -0.05) is 0 Å². The molecular weight excluding hydrogens is 257 g/mol. The van der Waals surface area contributed by atoms with Gasteiger partial charge in [-0.2, -0.15) is 0 Å². The molecule has 0 aliphatic rings. The molecule has 0 aliphatic heterocycles. The smallest absolute Gasteiger partial charge is 0.148 e. The van der Waals surface area contributed by atoms with Gasteiger partial charge in [0.25, 0.3) is 0 Å². The van der Waals surface area contributed by atoms with Gasteiger partial charge in [0.05, 0.1) is 5.75 Å². The Labute approximate surface area is 107 Å². The van der Waals surface area contributed by atoms with Crippen molar-refractivity contribution in [2.24, 2.45) is 0 Å². The van der Waals surface area contributed by atoms with Crippen molar-refractivity contribution in [3.63, 3.8) is 0 Å². The average Bonchev–Trinajstić information content (AvgIpc) is 2.18. The molecule has 0 saturated carbocycles. The molecule has 0 bridgehead atoms. The molecule has 0 amide bonds. The molecule has 0 saturated heterocycles. The summed E-state index contributed by atoms with van der Waals surface area (Å²) in [6.07, 6.45) is 1.16. The van der Waals surface area contributed by atoms with Gasteiger partial charge in [-0.15, -0.1) is 0 Å². The predicted octanol–water partition coefficient (Wildman–Crippen LogP) is 1.61. The van der Waals surface area contributed by atoms with E-state index in [0.29, 0.717) is 5.56 Å². The third-order valence-electron chi connectivity index (χ3n) is 2.54. The van der Waals surface area contributed by atoms with E-state index in [2.05, 4.69) is 5.32 Å². The number of aromatic hydroxyl groups is 1. The van der Waals surface area contributed by atoms with Crippen LogP contribution in [0.5, 0.6) is 5.75 Å². The summed E-state index contributed by atoms with van der Waals surface area (Å²) in [6.45, 7) is 3.47. The van der Waals surface area contributed by atoms with E-state index < -0.39 is 15.7 Å². The van der Waals surface area contributed by atoms with E-state index in [1.807, 2.05) is 0 Å². The lowest BCUT2D eigenvalue weighted by atomic mass is 10.1. The molecule has 0 aromatic heterocycles. The second-order valence-corrected chi connectivity index (χ2v) is 6.77. The molecule has 0 aliphatic carbocycles. The SMILES string of the molecule is CC(CS(C)(=O)=O)NC(C)c1cc(F)ccc1O. The summed E-state index contributed by atoms with van der Waals surface area (Å²) < 4.78 is 35.3. The van der Waals surface area contributed by atoms with E-state index in [1.165, 1.54) is 18.2 Å². The van der Waals surface area contributed by atoms with Crippen LogP contribution in [0.3, 0.4) is 0 Å². The van der Waals surface area contributed by atoms with Crippen molar-refractivity contribution in [3.8, 4) is 5.75 Å². The van der Waals surface area contributed by atoms with Gasteiger partial charge in [-0.3, -0.25) is 0 Å². The highest BCUT2D eigenvalue weighted by molar-refractivity contribution is 7.90. The van der Waals surface area contributed by atoms with Crippen molar-refractivity contribution >= 4 is 9.84 Å². The Morgan fingerprint density at radius 2 is 2.00 bits per heavy atom. The lowest BCUT2D eigenvalue weighted by Gasteiger charge is -2.20. The normalized spacial score (nSPS) is 15.3. The fourth-order valence-corrected chi connectivity index (χ4v) is 2.90. The van der Waals surface area contributed by atoms with Gasteiger partial charge in [0.2, 0.25) is 0 Å². The van der Waals surface area contributed by atoms with Crippen molar-refractivity contribution < 1.29 is 17.9 Å². The van der Waals surface area contributed by atoms with Gasteiger partial charge in [0.15, 0.2) is 0 Å². The van der Waals surface area contributed by atoms with E-state index in [-0.39, 0.29) is 23.6 Å². The van der Waals surface area contributed by atoms with Crippen LogP contribution in [0, 0.1) is 5.82 Å². The zero-order valence-corrected chi connectivity index (χ0v) is 11.5. The van der Waals surface area contributed by atoms with Gasteiger partial charge in [0.1, 0.15) is 21.4 Å². The maximum absolute atomic E-state index is 13.1. The molecule has 2 N–H and O–H groups in total. The minimum atomic E-state index is -3.07. The number of nitrogens with one attached hydrogen (secondary N) is 1. The largest absolute Gasteiger partial charge is 0.508 e. The lowest BCUT2D eigenvalue weighted by molar-refractivity contribution is 0.438. The molecular formula is C12H18FNO3S. The molecule has 1 rings (SSSR count). The number of phenolic OH excluding ortho intramolecular Hbond substituents is 1. The molecule has 102 valence electrons. The summed E-state index contributed by atoms with van der Waals surface area (Å²) in [5, 5.41) is 12.6. The van der Waals surface area contributed by atoms with Crippen molar-refractivity contribution in [1.82, 2.24) is 5.32 Å². The third-order valence-corrected chi connectivity index (χ3v) is 3.65. The second-order valence-electron chi connectivity index (χ2n) is 4.58. The Morgan fingerprint density at radius 3 is 2.56 bits per heavy atom. The Hall–Kier alpha value is -1.14. The molecule has 0 heterocycles. The first-order chi connectivity index (χ1) is 8.19. The number of hydrogen-bond acceptors (Lipinski definition) is 4. The van der Waals surface area contributed by atoms with Crippen LogP contribution in [0.25, 0.3) is 0 Å². The van der Waals surface area contributed by atoms with Crippen molar-refractivity contribution in [2.45, 2.75) is 25.9 Å². The zero-order chi connectivity index (χ0) is 13.9. The fraction of sp³-hybridized carbons (Fsp3) is 0.500. The van der Waals surface area contributed by atoms with Gasteiger partial charge in [0, 0.05) is 23.9 Å². The first kappa shape index (κ1) is 14.9. The highest BCUT2D eigenvalue weighted by Crippen LogP contribution is 2.24. The summed E-state index contributed by atoms with van der Waals surface area (Å²) in [4.78, 5) is 0. The van der Waals surface area contributed by atoms with Crippen molar-refractivity contribution in [3.05, 3.63) is 29.6 Å². The highest BCUT2D eigenvalue weighted by Gasteiger charge is 2.16. The first-order valence-corrected chi connectivity index (χ1v) is 7.67. The van der Waals surface area contributed by atoms with E-state index >= 15 is 0 Å². The molecule has 2 unspecified atom stereocenters. The molecule has 6 heteroatoms. The molecule has 0 fully saturated rings. The molecule has 1 aromatic carbocycles. The summed E-state index contributed by atoms with van der Waals surface area (Å²) in [5.41, 5.74) is 0.412. The van der Waals surface area contributed by atoms with E-state index in [4.69, 9.17) is 0 Å². The monoisotopic (exact) mass is 275 g/mol. The van der Waals surface area contributed by atoms with Crippen LogP contribution in [-0.2, 0) is 9.84 Å². The number of rotatable bonds is 5. The van der Waals surface area contributed by atoms with Crippen molar-refractivity contribution in [1.29, 1.82) is 0 Å². The van der Waals surface area contributed by atoms with E-state index in [9.17, 15) is 17.9 Å². The quantitative estimate of drug-likeness (QED) is 0.857. The summed E-state index contributed by atoms with van der Waals surface area (Å²) in [6, 6.07) is 3.07. The predicted molar refractivity (Wildman–Crippen MR) is 68.8 cm³/mol. The topological polar surface area (TPSA) is 66.4 Å². The number of sulfone groups is 1. The van der Waals surface area contributed by atoms with Gasteiger partial charge in [-0.25, -0.2) is 12.8 Å². The highest BCUT2D eigenvalue weighted by atomic mass is 32.2. The maximum Gasteiger partial charge on any atom is 0.148 e. The van der Waals surface area contributed by atoms with Gasteiger partial charge < -0.3 is 10.4 Å². The number of halogens is 1. The van der Waals surface area contributed by atoms with Gasteiger partial charge >= 0.3 is 0 Å². The Morgan fingerprint density at radius 1 is 1.39 bits per heavy atom. The number of benzene rings is 1. The fourth-order valence-electron chi connectivity index (χ4n) is 1.89. The van der Waals surface area contributed by atoms with E-state index in [1.54, 1.807) is 13.8 Å². The van der Waals surface area contributed by atoms with Crippen LogP contribution >= 0.6 is 0 Å². The summed E-state index contributed by atoms with van der Waals surface area (Å²) in [5.74, 6) is -0.455. The van der Waals surface area contributed by atoms with E-state index in [0.717, 1.165) is 6.26 Å². The Bertz CT molecular complexity index is 516. The van der Waals surface area contributed by atoms with Crippen LogP contribution in [-0.4, -0.2) is 31.6 Å². The molecule has 4 nitrogen and oxygen atoms in total. The summed E-state index contributed by atoms with van der Waals surface area (Å²) >= 11 is 0. The molecule has 18 heavy (non-hydrogen) atoms. The number of phenols is 1. The number of hydrogen-bond donors (Lipinski definition) is 2. The van der Waals surface area contributed by atoms with Crippen LogP contribution in [0.15, 0.2) is 18.2 Å². The van der Waals surface area contributed by atoms with Crippen LogP contribution in [0.1, 0.15) is 25.5 Å². The Balaban J connectivity index is 2.76. The Kier molecular flexibility index (Phi) is 4.70. The first-order valence-electron chi connectivity index (χ1n) is 5.61. The molecule has 2 atom stereocenters. The van der Waals surface area contributed by atoms with Crippen LogP contribution in [0.2, 0.25) is 0 Å². The second kappa shape index (κ2) is 5.67. The summed E-state index contributed by atoms with van der Waals surface area (Å²) in [7, 11) is -3.07. The zero-order valence-electron chi connectivity index (χ0n) is 10.6. The average molecular weight is 275 g/mol. The lowest BCUT2D eigenvalue weighted by Crippen LogP contribution is -2.34. The molecule has 0 spiro atoms. The van der Waals surface area contributed by atoms with Crippen molar-refractivity contribution in [2.75, 3.05) is 12.0 Å². The minimum absolute atomic E-state index is 0.00653. The minimum Gasteiger partial charge on any atom is -0.508 e. The molecule has 0 radical (unpaired) electrons.